The molecule has 2 fully saturated rings. The third-order valence-corrected chi connectivity index (χ3v) is 7.16. The minimum atomic E-state index is -0.495. The van der Waals surface area contributed by atoms with Gasteiger partial charge in [0.25, 0.3) is 11.5 Å². The maximum atomic E-state index is 13.1. The molecule has 2 aromatic heterocycles. The fraction of sp³-hybridized carbons (Fsp3) is 0.632. The average Bonchev–Trinajstić information content (AvgIpc) is 3.27. The van der Waals surface area contributed by atoms with Gasteiger partial charge >= 0.3 is 0 Å². The van der Waals surface area contributed by atoms with Gasteiger partial charge in [0.05, 0.1) is 23.5 Å². The molecule has 5 heterocycles. The van der Waals surface area contributed by atoms with Crippen LogP contribution in [0.25, 0.3) is 10.2 Å². The molecule has 1 amide bonds. The maximum absolute atomic E-state index is 13.1. The number of aryl methyl sites for hydroxylation is 2. The molecule has 0 radical (unpaired) electrons. The van der Waals surface area contributed by atoms with E-state index < -0.39 is 5.79 Å². The van der Waals surface area contributed by atoms with E-state index >= 15 is 0 Å². The first-order valence-electron chi connectivity index (χ1n) is 9.68. The van der Waals surface area contributed by atoms with Crippen molar-refractivity contribution < 1.29 is 14.3 Å². The highest BCUT2D eigenvalue weighted by Crippen LogP contribution is 2.34. The summed E-state index contributed by atoms with van der Waals surface area (Å²) in [5.41, 5.74) is 0.778. The molecule has 3 aliphatic rings. The summed E-state index contributed by atoms with van der Waals surface area (Å²) in [6.45, 7) is 5.07. The van der Waals surface area contributed by atoms with Crippen LogP contribution in [-0.2, 0) is 22.4 Å². The van der Waals surface area contributed by atoms with E-state index in [2.05, 4.69) is 0 Å². The Labute approximate surface area is 160 Å². The number of piperidine rings is 1. The maximum Gasteiger partial charge on any atom is 0.264 e. The normalized spacial score (nSPS) is 21.7. The molecule has 0 bridgehead atoms. The number of hydrogen-bond acceptors (Lipinski definition) is 6. The lowest BCUT2D eigenvalue weighted by Gasteiger charge is -2.37. The predicted octanol–water partition coefficient (Wildman–Crippen LogP) is 2.08. The van der Waals surface area contributed by atoms with Gasteiger partial charge in [-0.25, -0.2) is 4.98 Å². The van der Waals surface area contributed by atoms with Gasteiger partial charge in [-0.1, -0.05) is 0 Å². The van der Waals surface area contributed by atoms with Crippen molar-refractivity contribution in [1.82, 2.24) is 14.5 Å². The summed E-state index contributed by atoms with van der Waals surface area (Å²) in [5.74, 6) is 0.353. The zero-order valence-corrected chi connectivity index (χ0v) is 16.3. The Hall–Kier alpha value is -1.77. The largest absolute Gasteiger partial charge is 0.347 e. The Morgan fingerprint density at radius 1 is 1.15 bits per heavy atom. The van der Waals surface area contributed by atoms with Crippen LogP contribution in [0.15, 0.2) is 4.79 Å². The second-order valence-electron chi connectivity index (χ2n) is 7.58. The lowest BCUT2D eigenvalue weighted by molar-refractivity contribution is -0.181. The molecular formula is C19H23N3O4S. The van der Waals surface area contributed by atoms with Gasteiger partial charge in [-0.2, -0.15) is 0 Å². The van der Waals surface area contributed by atoms with Gasteiger partial charge in [-0.15, -0.1) is 11.3 Å². The Bertz CT molecular complexity index is 963. The molecule has 0 unspecified atom stereocenters. The van der Waals surface area contributed by atoms with Crippen molar-refractivity contribution in [3.05, 3.63) is 26.6 Å². The average molecular weight is 389 g/mol. The molecule has 27 heavy (non-hydrogen) atoms. The number of carbonyl (C=O) groups excluding carboxylic acids is 1. The number of rotatable bonds is 1. The van der Waals surface area contributed by atoms with Crippen molar-refractivity contribution in [2.75, 3.05) is 26.3 Å². The van der Waals surface area contributed by atoms with Crippen molar-refractivity contribution in [2.45, 2.75) is 51.4 Å². The fourth-order valence-corrected chi connectivity index (χ4v) is 5.58. The van der Waals surface area contributed by atoms with E-state index in [1.807, 2.05) is 11.8 Å². The number of hydrogen-bond donors (Lipinski definition) is 0. The van der Waals surface area contributed by atoms with Crippen LogP contribution in [0.1, 0.15) is 46.7 Å². The molecule has 3 aliphatic heterocycles. The van der Waals surface area contributed by atoms with Gasteiger partial charge in [-0.05, 0) is 25.3 Å². The predicted molar refractivity (Wildman–Crippen MR) is 101 cm³/mol. The Morgan fingerprint density at radius 2 is 1.89 bits per heavy atom. The zero-order chi connectivity index (χ0) is 18.6. The summed E-state index contributed by atoms with van der Waals surface area (Å²) in [7, 11) is 0. The van der Waals surface area contributed by atoms with Crippen LogP contribution in [0.3, 0.4) is 0 Å². The van der Waals surface area contributed by atoms with Crippen LogP contribution in [0.4, 0.5) is 0 Å². The summed E-state index contributed by atoms with van der Waals surface area (Å²) in [6, 6.07) is 0. The van der Waals surface area contributed by atoms with E-state index in [1.165, 1.54) is 11.3 Å². The molecule has 8 heteroatoms. The van der Waals surface area contributed by atoms with Crippen molar-refractivity contribution in [2.24, 2.45) is 0 Å². The summed E-state index contributed by atoms with van der Waals surface area (Å²) >= 11 is 1.36. The van der Waals surface area contributed by atoms with Crippen LogP contribution >= 0.6 is 11.3 Å². The van der Waals surface area contributed by atoms with Crippen molar-refractivity contribution in [3.8, 4) is 0 Å². The highest BCUT2D eigenvalue weighted by molar-refractivity contribution is 7.20. The number of likely N-dealkylation sites (tertiary alicyclic amines) is 1. The first-order valence-corrected chi connectivity index (χ1v) is 10.5. The van der Waals surface area contributed by atoms with Gasteiger partial charge in [0.1, 0.15) is 10.7 Å². The smallest absolute Gasteiger partial charge is 0.264 e. The molecule has 7 nitrogen and oxygen atoms in total. The molecule has 0 N–H and O–H groups in total. The van der Waals surface area contributed by atoms with E-state index in [0.29, 0.717) is 54.2 Å². The summed E-state index contributed by atoms with van der Waals surface area (Å²) < 4.78 is 13.3. The lowest BCUT2D eigenvalue weighted by atomic mass is 10.0. The molecular weight excluding hydrogens is 366 g/mol. The molecule has 0 atom stereocenters. The van der Waals surface area contributed by atoms with Gasteiger partial charge < -0.3 is 14.4 Å². The molecule has 144 valence electrons. The Morgan fingerprint density at radius 3 is 2.63 bits per heavy atom. The van der Waals surface area contributed by atoms with Crippen LogP contribution < -0.4 is 5.56 Å². The molecule has 2 aromatic rings. The number of amides is 1. The monoisotopic (exact) mass is 389 g/mol. The van der Waals surface area contributed by atoms with E-state index in [0.717, 1.165) is 37.2 Å². The number of ether oxygens (including phenoxy) is 2. The second-order valence-corrected chi connectivity index (χ2v) is 8.58. The van der Waals surface area contributed by atoms with Gasteiger partial charge in [0.15, 0.2) is 5.79 Å². The molecule has 0 aliphatic carbocycles. The highest BCUT2D eigenvalue weighted by atomic mass is 32.1. The van der Waals surface area contributed by atoms with Crippen molar-refractivity contribution >= 4 is 27.5 Å². The lowest BCUT2D eigenvalue weighted by Crippen LogP contribution is -2.47. The standard InChI is InChI=1S/C19H23N3O4S/c1-12-14-16(20-13-4-2-3-7-22(13)17(14)23)27-15(12)18(24)21-8-5-19(6-9-21)25-10-11-26-19/h2-11H2,1H3. The number of aromatic nitrogens is 2. The molecule has 2 saturated heterocycles. The highest BCUT2D eigenvalue weighted by Gasteiger charge is 2.41. The molecule has 1 spiro atoms. The minimum Gasteiger partial charge on any atom is -0.347 e. The van der Waals surface area contributed by atoms with Gasteiger partial charge in [0, 0.05) is 38.9 Å². The SMILES string of the molecule is Cc1c(C(=O)N2CCC3(CC2)OCCO3)sc2nc3n(c(=O)c12)CCCC3. The van der Waals surface area contributed by atoms with Crippen LogP contribution in [0.5, 0.6) is 0 Å². The Kier molecular flexibility index (Phi) is 4.10. The van der Waals surface area contributed by atoms with E-state index in [4.69, 9.17) is 14.5 Å². The minimum absolute atomic E-state index is 0.00727. The third kappa shape index (κ3) is 2.73. The van der Waals surface area contributed by atoms with E-state index in [1.54, 1.807) is 4.57 Å². The number of carbonyl (C=O) groups is 1. The summed E-state index contributed by atoms with van der Waals surface area (Å²) in [6.07, 6.45) is 4.29. The zero-order valence-electron chi connectivity index (χ0n) is 15.5. The van der Waals surface area contributed by atoms with Crippen LogP contribution in [0.2, 0.25) is 0 Å². The topological polar surface area (TPSA) is 73.7 Å². The number of nitrogens with zero attached hydrogens (tertiary/aromatic N) is 3. The van der Waals surface area contributed by atoms with E-state index in [9.17, 15) is 9.59 Å². The third-order valence-electron chi connectivity index (χ3n) is 5.98. The van der Waals surface area contributed by atoms with Crippen LogP contribution in [-0.4, -0.2) is 52.4 Å². The molecule has 0 aromatic carbocycles. The number of thiophene rings is 1. The second kappa shape index (κ2) is 6.39. The Balaban J connectivity index is 1.46. The first-order chi connectivity index (χ1) is 13.1. The van der Waals surface area contributed by atoms with Gasteiger partial charge in [0.2, 0.25) is 0 Å². The summed E-state index contributed by atoms with van der Waals surface area (Å²) in [4.78, 5) is 34.0. The van der Waals surface area contributed by atoms with Gasteiger partial charge in [-0.3, -0.25) is 14.2 Å². The van der Waals surface area contributed by atoms with Crippen molar-refractivity contribution in [1.29, 1.82) is 0 Å². The van der Waals surface area contributed by atoms with Crippen LogP contribution in [0, 0.1) is 6.92 Å². The van der Waals surface area contributed by atoms with Crippen molar-refractivity contribution in [3.63, 3.8) is 0 Å². The first kappa shape index (κ1) is 17.3. The van der Waals surface area contributed by atoms with E-state index in [-0.39, 0.29) is 11.5 Å². The molecule has 0 saturated carbocycles. The number of fused-ring (bicyclic) bond motifs is 2. The molecule has 5 rings (SSSR count). The fourth-order valence-electron chi connectivity index (χ4n) is 4.42. The summed E-state index contributed by atoms with van der Waals surface area (Å²) in [5, 5.41) is 0.616. The quantitative estimate of drug-likeness (QED) is 0.747.